The van der Waals surface area contributed by atoms with Gasteiger partial charge in [0.2, 0.25) is 0 Å². The van der Waals surface area contributed by atoms with E-state index in [9.17, 15) is 0 Å². The number of alkyl halides is 2. The average Bonchev–Trinajstić information content (AvgIpc) is 2.30. The van der Waals surface area contributed by atoms with Crippen molar-refractivity contribution in [2.45, 2.75) is 26.2 Å². The van der Waals surface area contributed by atoms with Crippen LogP contribution in [0.2, 0.25) is 0 Å². The van der Waals surface area contributed by atoms with Crippen LogP contribution >= 0.6 is 31.9 Å². The van der Waals surface area contributed by atoms with Crippen molar-refractivity contribution in [3.63, 3.8) is 0 Å². The van der Waals surface area contributed by atoms with Crippen molar-refractivity contribution in [1.82, 2.24) is 0 Å². The van der Waals surface area contributed by atoms with Crippen molar-refractivity contribution in [3.8, 4) is 0 Å². The molecule has 1 aromatic carbocycles. The monoisotopic (exact) mass is 332 g/mol. The van der Waals surface area contributed by atoms with E-state index in [0.29, 0.717) is 5.41 Å². The predicted octanol–water partition coefficient (Wildman–Crippen LogP) is 4.81. The summed E-state index contributed by atoms with van der Waals surface area (Å²) in [6.45, 7) is 2.26. The molecule has 0 N–H and O–H groups in total. The SMILES string of the molecule is CCCC(CBr)(CBr)Cc1ccccc1. The zero-order valence-electron chi connectivity index (χ0n) is 9.18. The predicted molar refractivity (Wildman–Crippen MR) is 75.1 cm³/mol. The van der Waals surface area contributed by atoms with Crippen molar-refractivity contribution in [3.05, 3.63) is 35.9 Å². The quantitative estimate of drug-likeness (QED) is 0.655. The minimum Gasteiger partial charge on any atom is -0.0922 e. The fourth-order valence-electron chi connectivity index (χ4n) is 1.91. The maximum atomic E-state index is 3.66. The largest absolute Gasteiger partial charge is 0.0922 e. The summed E-state index contributed by atoms with van der Waals surface area (Å²) in [6.07, 6.45) is 3.65. The third-order valence-electron chi connectivity index (χ3n) is 2.77. The Morgan fingerprint density at radius 1 is 1.07 bits per heavy atom. The molecule has 2 heteroatoms. The van der Waals surface area contributed by atoms with Gasteiger partial charge in [0.25, 0.3) is 0 Å². The molecular weight excluding hydrogens is 316 g/mol. The fourth-order valence-corrected chi connectivity index (χ4v) is 3.80. The van der Waals surface area contributed by atoms with Gasteiger partial charge in [-0.15, -0.1) is 0 Å². The summed E-state index contributed by atoms with van der Waals surface area (Å²) in [5.41, 5.74) is 1.81. The van der Waals surface area contributed by atoms with Gasteiger partial charge in [-0.05, 0) is 23.8 Å². The van der Waals surface area contributed by atoms with Gasteiger partial charge in [-0.1, -0.05) is 75.5 Å². The van der Waals surface area contributed by atoms with Gasteiger partial charge in [0, 0.05) is 10.7 Å². The summed E-state index contributed by atoms with van der Waals surface area (Å²) in [7, 11) is 0. The molecule has 0 saturated carbocycles. The molecule has 84 valence electrons. The van der Waals surface area contributed by atoms with E-state index < -0.39 is 0 Å². The summed E-state index contributed by atoms with van der Waals surface area (Å²) in [4.78, 5) is 0. The van der Waals surface area contributed by atoms with Crippen molar-refractivity contribution < 1.29 is 0 Å². The van der Waals surface area contributed by atoms with Crippen molar-refractivity contribution in [2.75, 3.05) is 10.7 Å². The van der Waals surface area contributed by atoms with E-state index in [2.05, 4.69) is 69.1 Å². The number of benzene rings is 1. The molecule has 0 nitrogen and oxygen atoms in total. The molecule has 0 amide bonds. The molecule has 0 fully saturated rings. The van der Waals surface area contributed by atoms with Crippen LogP contribution in [-0.4, -0.2) is 10.7 Å². The Labute approximate surface area is 110 Å². The second kappa shape index (κ2) is 6.70. The highest BCUT2D eigenvalue weighted by Gasteiger charge is 2.26. The van der Waals surface area contributed by atoms with Crippen LogP contribution in [0.3, 0.4) is 0 Å². The van der Waals surface area contributed by atoms with Gasteiger partial charge in [-0.2, -0.15) is 0 Å². The maximum absolute atomic E-state index is 3.66. The lowest BCUT2D eigenvalue weighted by atomic mass is 9.82. The van der Waals surface area contributed by atoms with E-state index in [1.165, 1.54) is 18.4 Å². The molecule has 15 heavy (non-hydrogen) atoms. The van der Waals surface area contributed by atoms with Gasteiger partial charge in [0.15, 0.2) is 0 Å². The van der Waals surface area contributed by atoms with Crippen LogP contribution in [0.1, 0.15) is 25.3 Å². The highest BCUT2D eigenvalue weighted by molar-refractivity contribution is 9.09. The molecular formula is C13H18Br2. The molecule has 0 spiro atoms. The summed E-state index contributed by atoms with van der Waals surface area (Å²) >= 11 is 7.32. The molecule has 1 rings (SSSR count). The van der Waals surface area contributed by atoms with Gasteiger partial charge in [0.1, 0.15) is 0 Å². The van der Waals surface area contributed by atoms with Gasteiger partial charge < -0.3 is 0 Å². The average molecular weight is 334 g/mol. The van der Waals surface area contributed by atoms with Gasteiger partial charge in [0.05, 0.1) is 0 Å². The molecule has 0 unspecified atom stereocenters. The van der Waals surface area contributed by atoms with Crippen molar-refractivity contribution >= 4 is 31.9 Å². The first-order chi connectivity index (χ1) is 7.26. The third-order valence-corrected chi connectivity index (χ3v) is 5.15. The molecule has 0 radical (unpaired) electrons. The highest BCUT2D eigenvalue weighted by atomic mass is 79.9. The lowest BCUT2D eigenvalue weighted by Crippen LogP contribution is -2.27. The Hall–Kier alpha value is 0.180. The number of hydrogen-bond donors (Lipinski definition) is 0. The van der Waals surface area contributed by atoms with Gasteiger partial charge in [-0.3, -0.25) is 0 Å². The topological polar surface area (TPSA) is 0 Å². The van der Waals surface area contributed by atoms with E-state index in [1.807, 2.05) is 0 Å². The Morgan fingerprint density at radius 2 is 1.67 bits per heavy atom. The lowest BCUT2D eigenvalue weighted by Gasteiger charge is -2.29. The molecule has 0 aliphatic carbocycles. The number of halogens is 2. The first-order valence-electron chi connectivity index (χ1n) is 5.42. The van der Waals surface area contributed by atoms with E-state index in [4.69, 9.17) is 0 Å². The Kier molecular flexibility index (Phi) is 5.91. The first-order valence-corrected chi connectivity index (χ1v) is 7.66. The Bertz CT molecular complexity index is 265. The maximum Gasteiger partial charge on any atom is 0.00991 e. The zero-order chi connectivity index (χ0) is 11.1. The van der Waals surface area contributed by atoms with Gasteiger partial charge in [-0.25, -0.2) is 0 Å². The molecule has 0 heterocycles. The highest BCUT2D eigenvalue weighted by Crippen LogP contribution is 2.32. The summed E-state index contributed by atoms with van der Waals surface area (Å²) in [5, 5.41) is 2.13. The minimum atomic E-state index is 0.371. The van der Waals surface area contributed by atoms with Crippen LogP contribution in [0.4, 0.5) is 0 Å². The van der Waals surface area contributed by atoms with E-state index in [-0.39, 0.29) is 0 Å². The lowest BCUT2D eigenvalue weighted by molar-refractivity contribution is 0.352. The standard InChI is InChI=1S/C13H18Br2/c1-2-8-13(10-14,11-15)9-12-6-4-3-5-7-12/h3-7H,2,8-11H2,1H3. The van der Waals surface area contributed by atoms with Gasteiger partial charge >= 0.3 is 0 Å². The zero-order valence-corrected chi connectivity index (χ0v) is 12.4. The van der Waals surface area contributed by atoms with Crippen LogP contribution in [0.5, 0.6) is 0 Å². The third kappa shape index (κ3) is 3.92. The molecule has 0 bridgehead atoms. The van der Waals surface area contributed by atoms with E-state index in [0.717, 1.165) is 17.1 Å². The Morgan fingerprint density at radius 3 is 2.13 bits per heavy atom. The molecule has 0 aliphatic rings. The summed E-state index contributed by atoms with van der Waals surface area (Å²) in [6, 6.07) is 10.8. The smallest absolute Gasteiger partial charge is 0.00991 e. The number of hydrogen-bond acceptors (Lipinski definition) is 0. The summed E-state index contributed by atoms with van der Waals surface area (Å²) in [5.74, 6) is 0. The number of rotatable bonds is 6. The van der Waals surface area contributed by atoms with Crippen LogP contribution in [0.15, 0.2) is 30.3 Å². The van der Waals surface area contributed by atoms with Crippen molar-refractivity contribution in [1.29, 1.82) is 0 Å². The van der Waals surface area contributed by atoms with E-state index in [1.54, 1.807) is 0 Å². The van der Waals surface area contributed by atoms with Crippen LogP contribution < -0.4 is 0 Å². The Balaban J connectivity index is 2.74. The van der Waals surface area contributed by atoms with Crippen LogP contribution in [0, 0.1) is 5.41 Å². The second-order valence-electron chi connectivity index (χ2n) is 4.18. The van der Waals surface area contributed by atoms with Crippen LogP contribution in [0.25, 0.3) is 0 Å². The molecule has 0 atom stereocenters. The second-order valence-corrected chi connectivity index (χ2v) is 5.30. The molecule has 0 aromatic heterocycles. The summed E-state index contributed by atoms with van der Waals surface area (Å²) < 4.78 is 0. The van der Waals surface area contributed by atoms with Crippen molar-refractivity contribution in [2.24, 2.45) is 5.41 Å². The molecule has 0 saturated heterocycles. The van der Waals surface area contributed by atoms with E-state index >= 15 is 0 Å². The minimum absolute atomic E-state index is 0.371. The normalized spacial score (nSPS) is 11.7. The first kappa shape index (κ1) is 13.2. The molecule has 1 aromatic rings. The molecule has 0 aliphatic heterocycles. The fraction of sp³-hybridized carbons (Fsp3) is 0.538. The van der Waals surface area contributed by atoms with Crippen LogP contribution in [-0.2, 0) is 6.42 Å².